The molecule has 2 amide bonds. The minimum atomic E-state index is -0.310. The molecule has 0 radical (unpaired) electrons. The molecule has 7 nitrogen and oxygen atoms in total. The molecular weight excluding hydrogens is 372 g/mol. The van der Waals surface area contributed by atoms with Gasteiger partial charge in [0.2, 0.25) is 0 Å². The first kappa shape index (κ1) is 19.3. The van der Waals surface area contributed by atoms with E-state index in [1.807, 2.05) is 36.1 Å². The van der Waals surface area contributed by atoms with Crippen LogP contribution in [-0.4, -0.2) is 54.5 Å². The average Bonchev–Trinajstić information content (AvgIpc) is 3.35. The molecule has 2 aliphatic rings. The van der Waals surface area contributed by atoms with E-state index >= 15 is 0 Å². The van der Waals surface area contributed by atoms with Crippen LogP contribution in [0.15, 0.2) is 52.8 Å². The molecular formula is C22H24N2O5. The molecule has 1 fully saturated rings. The zero-order chi connectivity index (χ0) is 20.2. The smallest absolute Gasteiger partial charge is 0.278 e. The maximum Gasteiger partial charge on any atom is 0.278 e. The van der Waals surface area contributed by atoms with Crippen molar-refractivity contribution in [1.29, 1.82) is 0 Å². The number of hydrogen-bond acceptors (Lipinski definition) is 6. The first-order valence-corrected chi connectivity index (χ1v) is 9.88. The molecule has 152 valence electrons. The minimum Gasteiger partial charge on any atom is -0.494 e. The first-order chi connectivity index (χ1) is 14.2. The number of benzene rings is 1. The lowest BCUT2D eigenvalue weighted by Gasteiger charge is -2.29. The Morgan fingerprint density at radius 2 is 1.79 bits per heavy atom. The first-order valence-electron chi connectivity index (χ1n) is 9.88. The summed E-state index contributed by atoms with van der Waals surface area (Å²) in [6, 6.07) is 10.8. The van der Waals surface area contributed by atoms with Gasteiger partial charge in [-0.1, -0.05) is 19.1 Å². The van der Waals surface area contributed by atoms with Crippen LogP contribution in [0, 0.1) is 0 Å². The molecule has 1 saturated heterocycles. The van der Waals surface area contributed by atoms with Crippen molar-refractivity contribution in [3.05, 3.63) is 59.7 Å². The van der Waals surface area contributed by atoms with Crippen molar-refractivity contribution in [2.24, 2.45) is 0 Å². The molecule has 0 N–H and O–H groups in total. The number of ether oxygens (including phenoxy) is 2. The molecule has 4 rings (SSSR count). The largest absolute Gasteiger partial charge is 0.494 e. The molecule has 0 atom stereocenters. The Hall–Kier alpha value is -3.06. The van der Waals surface area contributed by atoms with Gasteiger partial charge >= 0.3 is 0 Å². The van der Waals surface area contributed by atoms with E-state index in [1.54, 1.807) is 12.1 Å². The van der Waals surface area contributed by atoms with E-state index in [4.69, 9.17) is 13.9 Å². The van der Waals surface area contributed by atoms with Crippen LogP contribution in [0.2, 0.25) is 0 Å². The van der Waals surface area contributed by atoms with Crippen molar-refractivity contribution < 1.29 is 23.5 Å². The van der Waals surface area contributed by atoms with Crippen molar-refractivity contribution >= 4 is 17.4 Å². The average molecular weight is 396 g/mol. The van der Waals surface area contributed by atoms with Crippen LogP contribution in [0.25, 0.3) is 5.57 Å². The van der Waals surface area contributed by atoms with E-state index in [0.29, 0.717) is 55.5 Å². The lowest BCUT2D eigenvalue weighted by atomic mass is 10.0. The standard InChI is InChI=1S/C22H24N2O5/c1-2-11-28-17-7-5-16(6-8-17)19-20(23-9-13-27-14-10-23)22(26)24(21(19)25)15-18-4-3-12-29-18/h3-8,12H,2,9-11,13-15H2,1H3. The van der Waals surface area contributed by atoms with E-state index in [2.05, 4.69) is 0 Å². The number of carbonyl (C=O) groups excluding carboxylic acids is 2. The topological polar surface area (TPSA) is 72.2 Å². The van der Waals surface area contributed by atoms with E-state index in [1.165, 1.54) is 11.2 Å². The summed E-state index contributed by atoms with van der Waals surface area (Å²) in [5.41, 5.74) is 1.56. The summed E-state index contributed by atoms with van der Waals surface area (Å²) >= 11 is 0. The maximum absolute atomic E-state index is 13.3. The molecule has 1 aromatic heterocycles. The quantitative estimate of drug-likeness (QED) is 0.670. The predicted octanol–water partition coefficient (Wildman–Crippen LogP) is 2.68. The zero-order valence-electron chi connectivity index (χ0n) is 16.4. The number of hydrogen-bond donors (Lipinski definition) is 0. The molecule has 0 bridgehead atoms. The van der Waals surface area contributed by atoms with E-state index < -0.39 is 0 Å². The third-order valence-electron chi connectivity index (χ3n) is 4.98. The molecule has 1 aromatic carbocycles. The Morgan fingerprint density at radius 3 is 2.45 bits per heavy atom. The van der Waals surface area contributed by atoms with E-state index in [9.17, 15) is 9.59 Å². The van der Waals surface area contributed by atoms with Gasteiger partial charge in [-0.15, -0.1) is 0 Å². The molecule has 2 aliphatic heterocycles. The number of furan rings is 1. The second-order valence-corrected chi connectivity index (χ2v) is 6.97. The van der Waals surface area contributed by atoms with Crippen molar-refractivity contribution in [2.75, 3.05) is 32.9 Å². The summed E-state index contributed by atoms with van der Waals surface area (Å²) in [5.74, 6) is 0.704. The lowest BCUT2D eigenvalue weighted by molar-refractivity contribution is -0.138. The minimum absolute atomic E-state index is 0.111. The number of nitrogens with zero attached hydrogens (tertiary/aromatic N) is 2. The number of morpholine rings is 1. The van der Waals surface area contributed by atoms with Crippen molar-refractivity contribution in [3.8, 4) is 5.75 Å². The third kappa shape index (κ3) is 3.91. The normalized spacial score (nSPS) is 17.4. The maximum atomic E-state index is 13.3. The van der Waals surface area contributed by atoms with Crippen LogP contribution in [0.5, 0.6) is 5.75 Å². The highest BCUT2D eigenvalue weighted by molar-refractivity contribution is 6.35. The molecule has 0 aliphatic carbocycles. The van der Waals surface area contributed by atoms with Gasteiger partial charge in [0.15, 0.2) is 0 Å². The highest BCUT2D eigenvalue weighted by atomic mass is 16.5. The molecule has 29 heavy (non-hydrogen) atoms. The highest BCUT2D eigenvalue weighted by Crippen LogP contribution is 2.33. The Balaban J connectivity index is 1.68. The van der Waals surface area contributed by atoms with Gasteiger partial charge in [-0.25, -0.2) is 0 Å². The Labute approximate surface area is 169 Å². The number of rotatable bonds is 7. The van der Waals surface area contributed by atoms with Crippen LogP contribution in [0.1, 0.15) is 24.7 Å². The fourth-order valence-corrected chi connectivity index (χ4v) is 3.54. The van der Waals surface area contributed by atoms with Crippen LogP contribution in [-0.2, 0) is 20.9 Å². The van der Waals surface area contributed by atoms with Crippen molar-refractivity contribution in [3.63, 3.8) is 0 Å². The molecule has 0 unspecified atom stereocenters. The van der Waals surface area contributed by atoms with Crippen LogP contribution < -0.4 is 4.74 Å². The monoisotopic (exact) mass is 396 g/mol. The predicted molar refractivity (Wildman–Crippen MR) is 106 cm³/mol. The van der Waals surface area contributed by atoms with Gasteiger partial charge in [0.1, 0.15) is 17.2 Å². The second kappa shape index (κ2) is 8.53. The Morgan fingerprint density at radius 1 is 1.03 bits per heavy atom. The number of imide groups is 1. The molecule has 0 spiro atoms. The van der Waals surface area contributed by atoms with Gasteiger partial charge in [0.25, 0.3) is 11.8 Å². The third-order valence-corrected chi connectivity index (χ3v) is 4.98. The van der Waals surface area contributed by atoms with Crippen LogP contribution >= 0.6 is 0 Å². The molecule has 0 saturated carbocycles. The van der Waals surface area contributed by atoms with Crippen molar-refractivity contribution in [1.82, 2.24) is 9.80 Å². The Bertz CT molecular complexity index is 896. The van der Waals surface area contributed by atoms with Gasteiger partial charge < -0.3 is 18.8 Å². The SMILES string of the molecule is CCCOc1ccc(C2=C(N3CCOCC3)C(=O)N(Cc3ccco3)C2=O)cc1. The summed E-state index contributed by atoms with van der Waals surface area (Å²) < 4.78 is 16.4. The van der Waals surface area contributed by atoms with E-state index in [-0.39, 0.29) is 18.4 Å². The fourth-order valence-electron chi connectivity index (χ4n) is 3.54. The fraction of sp³-hybridized carbons (Fsp3) is 0.364. The Kier molecular flexibility index (Phi) is 5.67. The van der Waals surface area contributed by atoms with Gasteiger partial charge in [-0.2, -0.15) is 0 Å². The summed E-state index contributed by atoms with van der Waals surface area (Å²) in [6.07, 6.45) is 2.45. The van der Waals surface area contributed by atoms with Gasteiger partial charge in [0.05, 0.1) is 38.2 Å². The summed E-state index contributed by atoms with van der Waals surface area (Å²) in [6.45, 7) is 4.99. The summed E-state index contributed by atoms with van der Waals surface area (Å²) in [7, 11) is 0. The second-order valence-electron chi connectivity index (χ2n) is 6.97. The molecule has 7 heteroatoms. The van der Waals surface area contributed by atoms with Crippen LogP contribution in [0.3, 0.4) is 0 Å². The van der Waals surface area contributed by atoms with Gasteiger partial charge in [-0.3, -0.25) is 14.5 Å². The summed E-state index contributed by atoms with van der Waals surface area (Å²) in [4.78, 5) is 29.7. The van der Waals surface area contributed by atoms with Crippen LogP contribution in [0.4, 0.5) is 0 Å². The summed E-state index contributed by atoms with van der Waals surface area (Å²) in [5, 5.41) is 0. The van der Waals surface area contributed by atoms with Gasteiger partial charge in [-0.05, 0) is 36.2 Å². The molecule has 2 aromatic rings. The number of amides is 2. The zero-order valence-corrected chi connectivity index (χ0v) is 16.4. The van der Waals surface area contributed by atoms with Crippen molar-refractivity contribution in [2.45, 2.75) is 19.9 Å². The number of carbonyl (C=O) groups is 2. The van der Waals surface area contributed by atoms with E-state index in [0.717, 1.165) is 12.2 Å². The molecule has 3 heterocycles. The highest BCUT2D eigenvalue weighted by Gasteiger charge is 2.42. The van der Waals surface area contributed by atoms with Gasteiger partial charge in [0, 0.05) is 13.1 Å². The lowest BCUT2D eigenvalue weighted by Crippen LogP contribution is -2.40.